The van der Waals surface area contributed by atoms with Crippen molar-refractivity contribution < 1.29 is 4.79 Å². The molecule has 18 heavy (non-hydrogen) atoms. The number of nitrogens with two attached hydrogens (primary N) is 1. The Kier molecular flexibility index (Phi) is 4.10. The summed E-state index contributed by atoms with van der Waals surface area (Å²) in [6.07, 6.45) is 1.70. The van der Waals surface area contributed by atoms with Gasteiger partial charge in [-0.25, -0.2) is 0 Å². The molecule has 96 valence electrons. The maximum absolute atomic E-state index is 12.4. The third-order valence-corrected chi connectivity index (χ3v) is 4.12. The minimum atomic E-state index is -0.178. The van der Waals surface area contributed by atoms with Gasteiger partial charge in [0.15, 0.2) is 0 Å². The van der Waals surface area contributed by atoms with Gasteiger partial charge < -0.3 is 10.6 Å². The Morgan fingerprint density at radius 2 is 2.17 bits per heavy atom. The molecule has 6 heteroatoms. The minimum Gasteiger partial charge on any atom is -0.392 e. The first-order valence-electron chi connectivity index (χ1n) is 5.56. The van der Waals surface area contributed by atoms with E-state index in [-0.39, 0.29) is 17.0 Å². The van der Waals surface area contributed by atoms with Gasteiger partial charge in [0.25, 0.3) is 5.91 Å². The van der Waals surface area contributed by atoms with E-state index in [1.54, 1.807) is 23.1 Å². The first-order valence-corrected chi connectivity index (χ1v) is 6.73. The average Bonchev–Trinajstić information content (AvgIpc) is 2.81. The zero-order valence-corrected chi connectivity index (χ0v) is 11.9. The summed E-state index contributed by atoms with van der Waals surface area (Å²) in [5.41, 5.74) is 6.05. The van der Waals surface area contributed by atoms with Crippen molar-refractivity contribution in [2.45, 2.75) is 18.9 Å². The van der Waals surface area contributed by atoms with E-state index >= 15 is 0 Å². The van der Waals surface area contributed by atoms with Crippen LogP contribution in [-0.2, 0) is 0 Å². The van der Waals surface area contributed by atoms with Crippen molar-refractivity contribution in [3.8, 4) is 0 Å². The summed E-state index contributed by atoms with van der Waals surface area (Å²) in [4.78, 5) is 14.4. The van der Waals surface area contributed by atoms with Gasteiger partial charge in [0.2, 0.25) is 0 Å². The molecule has 1 aliphatic heterocycles. The highest BCUT2D eigenvalue weighted by Crippen LogP contribution is 2.28. The molecule has 1 aliphatic rings. The summed E-state index contributed by atoms with van der Waals surface area (Å²) >= 11 is 16.9. The monoisotopic (exact) mass is 302 g/mol. The number of rotatable bonds is 2. The second-order valence-electron chi connectivity index (χ2n) is 4.16. The van der Waals surface area contributed by atoms with Gasteiger partial charge in [-0.3, -0.25) is 4.79 Å². The fourth-order valence-electron chi connectivity index (χ4n) is 2.13. The van der Waals surface area contributed by atoms with E-state index in [0.29, 0.717) is 22.1 Å². The molecule has 1 heterocycles. The van der Waals surface area contributed by atoms with Gasteiger partial charge in [0, 0.05) is 6.54 Å². The number of halogens is 2. The van der Waals surface area contributed by atoms with Crippen LogP contribution in [0.4, 0.5) is 0 Å². The van der Waals surface area contributed by atoms with Crippen LogP contribution in [0.1, 0.15) is 23.2 Å². The molecule has 3 nitrogen and oxygen atoms in total. The Labute approximate surface area is 121 Å². The standard InChI is InChI=1S/C12H12Cl2N2OS/c13-8-4-1-3-7(10(8)14)12(17)16-6-2-5-9(16)11(15)18/h1,3-4,9H,2,5-6H2,(H2,15,18). The number of hydrogen-bond acceptors (Lipinski definition) is 2. The lowest BCUT2D eigenvalue weighted by atomic mass is 10.1. The van der Waals surface area contributed by atoms with Crippen molar-refractivity contribution >= 4 is 46.3 Å². The van der Waals surface area contributed by atoms with Crippen LogP contribution in [0.3, 0.4) is 0 Å². The van der Waals surface area contributed by atoms with Gasteiger partial charge in [0.05, 0.1) is 26.6 Å². The number of amides is 1. The number of carbonyl (C=O) groups is 1. The van der Waals surface area contributed by atoms with Crippen molar-refractivity contribution in [2.75, 3.05) is 6.54 Å². The van der Waals surface area contributed by atoms with E-state index in [0.717, 1.165) is 12.8 Å². The third-order valence-electron chi connectivity index (χ3n) is 3.02. The smallest absolute Gasteiger partial charge is 0.256 e. The van der Waals surface area contributed by atoms with Gasteiger partial charge >= 0.3 is 0 Å². The summed E-state index contributed by atoms with van der Waals surface area (Å²) in [6.45, 7) is 0.643. The summed E-state index contributed by atoms with van der Waals surface area (Å²) < 4.78 is 0. The molecular formula is C12H12Cl2N2OS. The largest absolute Gasteiger partial charge is 0.392 e. The normalized spacial score (nSPS) is 19.0. The van der Waals surface area contributed by atoms with Crippen LogP contribution in [0.5, 0.6) is 0 Å². The number of carbonyl (C=O) groups excluding carboxylic acids is 1. The highest BCUT2D eigenvalue weighted by atomic mass is 35.5. The molecule has 2 rings (SSSR count). The van der Waals surface area contributed by atoms with E-state index in [4.69, 9.17) is 41.2 Å². The Morgan fingerprint density at radius 1 is 1.44 bits per heavy atom. The lowest BCUT2D eigenvalue weighted by Crippen LogP contribution is -2.42. The van der Waals surface area contributed by atoms with Crippen molar-refractivity contribution in [1.82, 2.24) is 4.90 Å². The molecule has 1 fully saturated rings. The predicted molar refractivity (Wildman–Crippen MR) is 77.3 cm³/mol. The van der Waals surface area contributed by atoms with Crippen LogP contribution in [0.25, 0.3) is 0 Å². The predicted octanol–water partition coefficient (Wildman–Crippen LogP) is 2.88. The average molecular weight is 303 g/mol. The number of likely N-dealkylation sites (tertiary alicyclic amines) is 1. The van der Waals surface area contributed by atoms with E-state index in [2.05, 4.69) is 0 Å². The van der Waals surface area contributed by atoms with Gasteiger partial charge in [-0.05, 0) is 25.0 Å². The Hall–Kier alpha value is -0.840. The molecule has 0 bridgehead atoms. The second kappa shape index (κ2) is 5.43. The van der Waals surface area contributed by atoms with Crippen LogP contribution in [0.2, 0.25) is 10.0 Å². The summed E-state index contributed by atoms with van der Waals surface area (Å²) in [7, 11) is 0. The highest BCUT2D eigenvalue weighted by molar-refractivity contribution is 7.80. The molecule has 1 amide bonds. The molecule has 0 aliphatic carbocycles. The van der Waals surface area contributed by atoms with Crippen molar-refractivity contribution in [2.24, 2.45) is 5.73 Å². The van der Waals surface area contributed by atoms with Gasteiger partial charge in [-0.2, -0.15) is 0 Å². The van der Waals surface area contributed by atoms with Gasteiger partial charge in [-0.1, -0.05) is 41.5 Å². The number of benzene rings is 1. The summed E-state index contributed by atoms with van der Waals surface area (Å²) in [5.74, 6) is -0.169. The van der Waals surface area contributed by atoms with Crippen molar-refractivity contribution in [3.05, 3.63) is 33.8 Å². The molecule has 1 aromatic rings. The Morgan fingerprint density at radius 3 is 2.83 bits per heavy atom. The first-order chi connectivity index (χ1) is 8.52. The van der Waals surface area contributed by atoms with Crippen LogP contribution in [0, 0.1) is 0 Å². The fourth-order valence-corrected chi connectivity index (χ4v) is 2.76. The zero-order valence-electron chi connectivity index (χ0n) is 9.53. The van der Waals surface area contributed by atoms with Crippen LogP contribution in [-0.4, -0.2) is 28.4 Å². The number of hydrogen-bond donors (Lipinski definition) is 1. The first kappa shape index (κ1) is 13.6. The van der Waals surface area contributed by atoms with Crippen LogP contribution < -0.4 is 5.73 Å². The van der Waals surface area contributed by atoms with Crippen molar-refractivity contribution in [3.63, 3.8) is 0 Å². The molecule has 0 radical (unpaired) electrons. The Bertz CT molecular complexity index is 507. The summed E-state index contributed by atoms with van der Waals surface area (Å²) in [6, 6.07) is 4.83. The topological polar surface area (TPSA) is 46.3 Å². The molecule has 1 atom stereocenters. The van der Waals surface area contributed by atoms with Crippen molar-refractivity contribution in [1.29, 1.82) is 0 Å². The molecule has 0 aromatic heterocycles. The van der Waals surface area contributed by atoms with E-state index in [1.807, 2.05) is 0 Å². The molecule has 1 saturated heterocycles. The van der Waals surface area contributed by atoms with Crippen LogP contribution >= 0.6 is 35.4 Å². The Balaban J connectivity index is 2.31. The molecule has 1 unspecified atom stereocenters. The summed E-state index contributed by atoms with van der Waals surface area (Å²) in [5, 5.41) is 0.645. The quantitative estimate of drug-likeness (QED) is 0.855. The number of nitrogens with zero attached hydrogens (tertiary/aromatic N) is 1. The lowest BCUT2D eigenvalue weighted by Gasteiger charge is -2.24. The SMILES string of the molecule is NC(=S)C1CCCN1C(=O)c1cccc(Cl)c1Cl. The maximum atomic E-state index is 12.4. The van der Waals surface area contributed by atoms with Gasteiger partial charge in [-0.15, -0.1) is 0 Å². The molecule has 0 spiro atoms. The van der Waals surface area contributed by atoms with E-state index < -0.39 is 0 Å². The fraction of sp³-hybridized carbons (Fsp3) is 0.333. The van der Waals surface area contributed by atoms with E-state index in [1.165, 1.54) is 0 Å². The zero-order chi connectivity index (χ0) is 13.3. The molecular weight excluding hydrogens is 291 g/mol. The third kappa shape index (κ3) is 2.46. The molecule has 0 saturated carbocycles. The van der Waals surface area contributed by atoms with Crippen LogP contribution in [0.15, 0.2) is 18.2 Å². The minimum absolute atomic E-state index is 0.169. The highest BCUT2D eigenvalue weighted by Gasteiger charge is 2.32. The maximum Gasteiger partial charge on any atom is 0.256 e. The number of thiocarbonyl (C=S) groups is 1. The second-order valence-corrected chi connectivity index (χ2v) is 5.42. The van der Waals surface area contributed by atoms with Gasteiger partial charge in [0.1, 0.15) is 0 Å². The molecule has 2 N–H and O–H groups in total. The molecule has 1 aromatic carbocycles. The lowest BCUT2D eigenvalue weighted by molar-refractivity contribution is 0.0770. The van der Waals surface area contributed by atoms with E-state index in [9.17, 15) is 4.79 Å².